The van der Waals surface area contributed by atoms with Gasteiger partial charge in [-0.15, -0.1) is 11.3 Å². The maximum absolute atomic E-state index is 10.6. The molecule has 1 rings (SSSR count). The fraction of sp³-hybridized carbons (Fsp3) is 0.286. The molecule has 0 radical (unpaired) electrons. The Morgan fingerprint density at radius 2 is 2.29 bits per heavy atom. The molecule has 0 aliphatic rings. The van der Waals surface area contributed by atoms with Crippen LogP contribution in [0.5, 0.6) is 0 Å². The second kappa shape index (κ2) is 4.15. The molecular weight excluding hydrogens is 208 g/mol. The number of carbonyl (C=O) groups is 1. The summed E-state index contributed by atoms with van der Waals surface area (Å²) < 4.78 is 0. The lowest BCUT2D eigenvalue weighted by Crippen LogP contribution is -2.17. The van der Waals surface area contributed by atoms with Crippen LogP contribution < -0.4 is 0 Å². The number of aromatic carboxylic acids is 1. The van der Waals surface area contributed by atoms with Gasteiger partial charge in [0, 0.05) is 0 Å². The fourth-order valence-corrected chi connectivity index (χ4v) is 1.63. The standard InChI is InChI=1S/C7H6N2O4S/c8-1-3(10)5(11)6-4(7(12)13)9-2-14-6/h2-3,5,10-11H,(H,12,13). The molecule has 1 heterocycles. The first-order valence-corrected chi connectivity index (χ1v) is 4.38. The molecule has 2 unspecified atom stereocenters. The Hall–Kier alpha value is -1.49. The zero-order valence-corrected chi connectivity index (χ0v) is 7.60. The Kier molecular flexibility index (Phi) is 3.14. The van der Waals surface area contributed by atoms with Gasteiger partial charge in [-0.1, -0.05) is 0 Å². The van der Waals surface area contributed by atoms with E-state index in [0.29, 0.717) is 0 Å². The van der Waals surface area contributed by atoms with Crippen LogP contribution in [0.1, 0.15) is 21.5 Å². The monoisotopic (exact) mass is 214 g/mol. The van der Waals surface area contributed by atoms with Gasteiger partial charge in [-0.3, -0.25) is 0 Å². The summed E-state index contributed by atoms with van der Waals surface area (Å²) in [6.45, 7) is 0. The summed E-state index contributed by atoms with van der Waals surface area (Å²) in [5.41, 5.74) is 0.892. The van der Waals surface area contributed by atoms with Gasteiger partial charge in [0.05, 0.1) is 16.5 Å². The maximum Gasteiger partial charge on any atom is 0.355 e. The van der Waals surface area contributed by atoms with Crippen LogP contribution in [-0.4, -0.2) is 32.4 Å². The predicted molar refractivity (Wildman–Crippen MR) is 45.7 cm³/mol. The van der Waals surface area contributed by atoms with Crippen LogP contribution in [0.25, 0.3) is 0 Å². The summed E-state index contributed by atoms with van der Waals surface area (Å²) in [7, 11) is 0. The largest absolute Gasteiger partial charge is 0.476 e. The molecule has 0 aliphatic heterocycles. The van der Waals surface area contributed by atoms with Gasteiger partial charge in [-0.2, -0.15) is 5.26 Å². The van der Waals surface area contributed by atoms with E-state index in [0.717, 1.165) is 11.3 Å². The molecule has 0 saturated carbocycles. The van der Waals surface area contributed by atoms with Crippen LogP contribution in [-0.2, 0) is 0 Å². The van der Waals surface area contributed by atoms with Crippen LogP contribution >= 0.6 is 11.3 Å². The maximum atomic E-state index is 10.6. The highest BCUT2D eigenvalue weighted by atomic mass is 32.1. The molecule has 0 saturated heterocycles. The molecule has 1 aromatic heterocycles. The molecule has 0 bridgehead atoms. The molecular formula is C7H6N2O4S. The van der Waals surface area contributed by atoms with Crippen molar-refractivity contribution in [2.24, 2.45) is 0 Å². The van der Waals surface area contributed by atoms with Crippen molar-refractivity contribution in [1.29, 1.82) is 5.26 Å². The number of thiazole rings is 1. The second-order valence-corrected chi connectivity index (χ2v) is 3.28. The predicted octanol–water partition coefficient (Wildman–Crippen LogP) is -0.241. The Bertz CT molecular complexity index is 383. The summed E-state index contributed by atoms with van der Waals surface area (Å²) in [6.07, 6.45) is -3.17. The Morgan fingerprint density at radius 3 is 2.79 bits per heavy atom. The van der Waals surface area contributed by atoms with E-state index in [1.54, 1.807) is 0 Å². The molecule has 0 amide bonds. The SMILES string of the molecule is N#CC(O)C(O)c1scnc1C(=O)O. The highest BCUT2D eigenvalue weighted by Gasteiger charge is 2.25. The van der Waals surface area contributed by atoms with Crippen LogP contribution in [0.2, 0.25) is 0 Å². The van der Waals surface area contributed by atoms with Gasteiger partial charge in [0.1, 0.15) is 6.10 Å². The molecule has 0 aromatic carbocycles. The zero-order valence-electron chi connectivity index (χ0n) is 6.78. The number of hydrogen-bond donors (Lipinski definition) is 3. The van der Waals surface area contributed by atoms with Crippen LogP contribution in [0.4, 0.5) is 0 Å². The molecule has 1 aromatic rings. The van der Waals surface area contributed by atoms with Gasteiger partial charge in [-0.25, -0.2) is 9.78 Å². The minimum atomic E-state index is -1.64. The number of carboxylic acids is 1. The summed E-state index contributed by atoms with van der Waals surface area (Å²) in [5.74, 6) is -1.30. The van der Waals surface area contributed by atoms with Crippen molar-refractivity contribution >= 4 is 17.3 Å². The van der Waals surface area contributed by atoms with Crippen LogP contribution in [0.3, 0.4) is 0 Å². The number of rotatable bonds is 3. The molecule has 0 spiro atoms. The molecule has 0 aliphatic carbocycles. The first kappa shape index (κ1) is 10.6. The highest BCUT2D eigenvalue weighted by molar-refractivity contribution is 7.10. The number of aromatic nitrogens is 1. The fourth-order valence-electron chi connectivity index (χ4n) is 0.840. The Morgan fingerprint density at radius 1 is 1.64 bits per heavy atom. The molecule has 0 fully saturated rings. The van der Waals surface area contributed by atoms with E-state index >= 15 is 0 Å². The highest BCUT2D eigenvalue weighted by Crippen LogP contribution is 2.24. The van der Waals surface area contributed by atoms with Crippen LogP contribution in [0, 0.1) is 11.3 Å². The topological polar surface area (TPSA) is 114 Å². The van der Waals surface area contributed by atoms with Crippen molar-refractivity contribution in [2.45, 2.75) is 12.2 Å². The third-order valence-electron chi connectivity index (χ3n) is 1.50. The van der Waals surface area contributed by atoms with Crippen molar-refractivity contribution in [3.05, 3.63) is 16.1 Å². The van der Waals surface area contributed by atoms with Gasteiger partial charge in [0.25, 0.3) is 0 Å². The van der Waals surface area contributed by atoms with Crippen molar-refractivity contribution in [3.8, 4) is 6.07 Å². The molecule has 2 atom stereocenters. The van der Waals surface area contributed by atoms with E-state index in [-0.39, 0.29) is 10.6 Å². The van der Waals surface area contributed by atoms with Crippen LogP contribution in [0.15, 0.2) is 5.51 Å². The Balaban J connectivity index is 3.02. The summed E-state index contributed by atoms with van der Waals surface area (Å²) in [6, 6.07) is 1.41. The van der Waals surface area contributed by atoms with E-state index in [1.165, 1.54) is 11.6 Å². The lowest BCUT2D eigenvalue weighted by atomic mass is 10.1. The van der Waals surface area contributed by atoms with Crippen molar-refractivity contribution in [2.75, 3.05) is 0 Å². The minimum Gasteiger partial charge on any atom is -0.476 e. The van der Waals surface area contributed by atoms with E-state index in [9.17, 15) is 9.90 Å². The van der Waals surface area contributed by atoms with E-state index in [1.807, 2.05) is 0 Å². The van der Waals surface area contributed by atoms with E-state index < -0.39 is 18.2 Å². The minimum absolute atomic E-state index is 0.0217. The van der Waals surface area contributed by atoms with Gasteiger partial charge >= 0.3 is 5.97 Å². The summed E-state index contributed by atoms with van der Waals surface area (Å²) in [5, 5.41) is 35.3. The van der Waals surface area contributed by atoms with E-state index in [4.69, 9.17) is 15.5 Å². The summed E-state index contributed by atoms with van der Waals surface area (Å²) >= 11 is 0.877. The first-order chi connectivity index (χ1) is 6.57. The van der Waals surface area contributed by atoms with Gasteiger partial charge in [0.15, 0.2) is 11.8 Å². The number of hydrogen-bond acceptors (Lipinski definition) is 6. The first-order valence-electron chi connectivity index (χ1n) is 3.50. The number of aliphatic hydroxyl groups excluding tert-OH is 2. The van der Waals surface area contributed by atoms with Crippen molar-refractivity contribution < 1.29 is 20.1 Å². The molecule has 7 heteroatoms. The number of nitriles is 1. The normalized spacial score (nSPS) is 14.4. The van der Waals surface area contributed by atoms with Crippen molar-refractivity contribution in [1.82, 2.24) is 4.98 Å². The van der Waals surface area contributed by atoms with E-state index in [2.05, 4.69) is 4.98 Å². The Labute approximate surface area is 82.7 Å². The van der Waals surface area contributed by atoms with Gasteiger partial charge < -0.3 is 15.3 Å². The third-order valence-corrected chi connectivity index (χ3v) is 2.40. The van der Waals surface area contributed by atoms with Gasteiger partial charge in [0.2, 0.25) is 0 Å². The van der Waals surface area contributed by atoms with Gasteiger partial charge in [-0.05, 0) is 0 Å². The zero-order chi connectivity index (χ0) is 10.7. The lowest BCUT2D eigenvalue weighted by Gasteiger charge is -2.09. The van der Waals surface area contributed by atoms with Crippen molar-refractivity contribution in [3.63, 3.8) is 0 Å². The molecule has 14 heavy (non-hydrogen) atoms. The summed E-state index contributed by atoms with van der Waals surface area (Å²) in [4.78, 5) is 14.0. The molecule has 6 nitrogen and oxygen atoms in total. The second-order valence-electron chi connectivity index (χ2n) is 2.39. The third kappa shape index (κ3) is 1.88. The average Bonchev–Trinajstić information content (AvgIpc) is 2.63. The lowest BCUT2D eigenvalue weighted by molar-refractivity contribution is 0.0518. The smallest absolute Gasteiger partial charge is 0.355 e. The number of nitrogens with zero attached hydrogens (tertiary/aromatic N) is 2. The molecule has 3 N–H and O–H groups in total. The number of aliphatic hydroxyl groups is 2. The number of carboxylic acid groups (broad SMARTS) is 1. The average molecular weight is 214 g/mol. The molecule has 74 valence electrons. The quantitative estimate of drug-likeness (QED) is 0.598.